The molecular weight excluding hydrogens is 232 g/mol. The summed E-state index contributed by atoms with van der Waals surface area (Å²) in [5.74, 6) is 1.04. The molecule has 2 rings (SSSR count). The molecule has 1 aromatic rings. The van der Waals surface area contributed by atoms with Gasteiger partial charge in [-0.25, -0.2) is 4.98 Å². The van der Waals surface area contributed by atoms with Crippen LogP contribution in [0.25, 0.3) is 0 Å². The van der Waals surface area contributed by atoms with E-state index in [1.807, 2.05) is 12.3 Å². The standard InChI is InChI=1S/C13H20N2OS/c1-10-9-17-13(15-10)7-12(16)5-4-11-3-2-6-14-8-11/h9,11,14H,2-8H2,1H3. The summed E-state index contributed by atoms with van der Waals surface area (Å²) in [7, 11) is 0. The fourth-order valence-electron chi connectivity index (χ4n) is 2.28. The number of ketones is 1. The van der Waals surface area contributed by atoms with Crippen molar-refractivity contribution in [2.75, 3.05) is 13.1 Å². The van der Waals surface area contributed by atoms with E-state index in [4.69, 9.17) is 0 Å². The summed E-state index contributed by atoms with van der Waals surface area (Å²) >= 11 is 1.60. The highest BCUT2D eigenvalue weighted by atomic mass is 32.1. The molecule has 1 N–H and O–H groups in total. The van der Waals surface area contributed by atoms with Crippen LogP contribution >= 0.6 is 11.3 Å². The summed E-state index contributed by atoms with van der Waals surface area (Å²) in [6.07, 6.45) is 4.81. The van der Waals surface area contributed by atoms with Crippen LogP contribution in [-0.2, 0) is 11.2 Å². The number of carbonyl (C=O) groups excluding carboxylic acids is 1. The molecule has 0 aliphatic carbocycles. The predicted octanol–water partition coefficient (Wildman–Crippen LogP) is 2.34. The number of piperidine rings is 1. The van der Waals surface area contributed by atoms with Crippen molar-refractivity contribution >= 4 is 17.1 Å². The van der Waals surface area contributed by atoms with Gasteiger partial charge in [0.2, 0.25) is 0 Å². The SMILES string of the molecule is Cc1csc(CC(=O)CCC2CCCNC2)n1. The van der Waals surface area contributed by atoms with Crippen molar-refractivity contribution in [2.45, 2.75) is 39.0 Å². The van der Waals surface area contributed by atoms with E-state index >= 15 is 0 Å². The number of hydrogen-bond acceptors (Lipinski definition) is 4. The maximum Gasteiger partial charge on any atom is 0.139 e. The predicted molar refractivity (Wildman–Crippen MR) is 70.4 cm³/mol. The van der Waals surface area contributed by atoms with E-state index in [0.717, 1.165) is 30.2 Å². The van der Waals surface area contributed by atoms with Crippen molar-refractivity contribution in [3.05, 3.63) is 16.1 Å². The number of hydrogen-bond donors (Lipinski definition) is 1. The van der Waals surface area contributed by atoms with E-state index in [2.05, 4.69) is 10.3 Å². The van der Waals surface area contributed by atoms with Gasteiger partial charge in [-0.15, -0.1) is 11.3 Å². The second-order valence-corrected chi connectivity index (χ2v) is 5.79. The minimum Gasteiger partial charge on any atom is -0.316 e. The number of thiazole rings is 1. The molecule has 2 heterocycles. The van der Waals surface area contributed by atoms with Gasteiger partial charge in [0, 0.05) is 17.5 Å². The maximum atomic E-state index is 11.8. The number of nitrogens with zero attached hydrogens (tertiary/aromatic N) is 1. The summed E-state index contributed by atoms with van der Waals surface area (Å²) in [5.41, 5.74) is 1.02. The van der Waals surface area contributed by atoms with Crippen LogP contribution in [0.4, 0.5) is 0 Å². The maximum absolute atomic E-state index is 11.8. The number of nitrogens with one attached hydrogen (secondary N) is 1. The van der Waals surface area contributed by atoms with E-state index in [0.29, 0.717) is 24.5 Å². The summed E-state index contributed by atoms with van der Waals surface area (Å²) in [5, 5.41) is 6.36. The highest BCUT2D eigenvalue weighted by Crippen LogP contribution is 2.17. The van der Waals surface area contributed by atoms with Crippen LogP contribution in [0.2, 0.25) is 0 Å². The summed E-state index contributed by atoms with van der Waals surface area (Å²) in [6.45, 7) is 4.20. The van der Waals surface area contributed by atoms with E-state index in [9.17, 15) is 4.79 Å². The summed E-state index contributed by atoms with van der Waals surface area (Å²) in [4.78, 5) is 16.1. The number of rotatable bonds is 5. The van der Waals surface area contributed by atoms with Gasteiger partial charge in [0.25, 0.3) is 0 Å². The zero-order valence-electron chi connectivity index (χ0n) is 10.4. The quantitative estimate of drug-likeness (QED) is 0.874. The van der Waals surface area contributed by atoms with Gasteiger partial charge in [-0.3, -0.25) is 4.79 Å². The molecule has 4 heteroatoms. The second kappa shape index (κ2) is 6.26. The Kier molecular flexibility index (Phi) is 4.68. The summed E-state index contributed by atoms with van der Waals surface area (Å²) < 4.78 is 0. The Balaban J connectivity index is 1.70. The monoisotopic (exact) mass is 252 g/mol. The lowest BCUT2D eigenvalue weighted by atomic mass is 9.93. The molecule has 94 valence electrons. The highest BCUT2D eigenvalue weighted by Gasteiger charge is 2.15. The molecular formula is C13H20N2OS. The van der Waals surface area contributed by atoms with Crippen molar-refractivity contribution in [1.29, 1.82) is 0 Å². The zero-order chi connectivity index (χ0) is 12.1. The van der Waals surface area contributed by atoms with Crippen LogP contribution in [0.15, 0.2) is 5.38 Å². The molecule has 1 unspecified atom stereocenters. The molecule has 0 bridgehead atoms. The Labute approximate surface area is 107 Å². The third-order valence-corrected chi connectivity index (χ3v) is 4.21. The molecule has 1 aliphatic heterocycles. The molecule has 0 radical (unpaired) electrons. The van der Waals surface area contributed by atoms with E-state index in [-0.39, 0.29) is 0 Å². The molecule has 1 aromatic heterocycles. The molecule has 3 nitrogen and oxygen atoms in total. The molecule has 1 aliphatic rings. The lowest BCUT2D eigenvalue weighted by Gasteiger charge is -2.22. The molecule has 1 fully saturated rings. The molecule has 1 saturated heterocycles. The lowest BCUT2D eigenvalue weighted by molar-refractivity contribution is -0.118. The first-order valence-corrected chi connectivity index (χ1v) is 7.25. The first-order chi connectivity index (χ1) is 8.24. The van der Waals surface area contributed by atoms with Crippen LogP contribution in [0.1, 0.15) is 36.4 Å². The van der Waals surface area contributed by atoms with Gasteiger partial charge >= 0.3 is 0 Å². The van der Waals surface area contributed by atoms with Crippen LogP contribution in [0.5, 0.6) is 0 Å². The third kappa shape index (κ3) is 4.21. The van der Waals surface area contributed by atoms with Crippen LogP contribution in [0, 0.1) is 12.8 Å². The Morgan fingerprint density at radius 1 is 1.65 bits per heavy atom. The molecule has 0 spiro atoms. The van der Waals surface area contributed by atoms with E-state index < -0.39 is 0 Å². The van der Waals surface area contributed by atoms with Crippen molar-refractivity contribution in [3.8, 4) is 0 Å². The van der Waals surface area contributed by atoms with Crippen molar-refractivity contribution < 1.29 is 4.79 Å². The van der Waals surface area contributed by atoms with Crippen molar-refractivity contribution in [3.63, 3.8) is 0 Å². The zero-order valence-corrected chi connectivity index (χ0v) is 11.2. The molecule has 0 amide bonds. The van der Waals surface area contributed by atoms with Gasteiger partial charge in [-0.1, -0.05) is 0 Å². The van der Waals surface area contributed by atoms with Gasteiger partial charge in [0.15, 0.2) is 0 Å². The molecule has 1 atom stereocenters. The van der Waals surface area contributed by atoms with Crippen LogP contribution in [-0.4, -0.2) is 23.9 Å². The Hall–Kier alpha value is -0.740. The first kappa shape index (κ1) is 12.7. The van der Waals surface area contributed by atoms with Gasteiger partial charge < -0.3 is 5.32 Å². The minimum atomic E-state index is 0.338. The topological polar surface area (TPSA) is 42.0 Å². The lowest BCUT2D eigenvalue weighted by Crippen LogP contribution is -2.30. The van der Waals surface area contributed by atoms with E-state index in [1.165, 1.54) is 12.8 Å². The average molecular weight is 252 g/mol. The molecule has 17 heavy (non-hydrogen) atoms. The second-order valence-electron chi connectivity index (χ2n) is 4.85. The van der Waals surface area contributed by atoms with Gasteiger partial charge in [-0.05, 0) is 45.2 Å². The molecule has 0 aromatic carbocycles. The highest BCUT2D eigenvalue weighted by molar-refractivity contribution is 7.09. The fraction of sp³-hybridized carbons (Fsp3) is 0.692. The van der Waals surface area contributed by atoms with Crippen molar-refractivity contribution in [1.82, 2.24) is 10.3 Å². The van der Waals surface area contributed by atoms with Gasteiger partial charge in [-0.2, -0.15) is 0 Å². The van der Waals surface area contributed by atoms with Crippen LogP contribution in [0.3, 0.4) is 0 Å². The number of aromatic nitrogens is 1. The number of aryl methyl sites for hydroxylation is 1. The smallest absolute Gasteiger partial charge is 0.139 e. The Morgan fingerprint density at radius 2 is 2.53 bits per heavy atom. The number of Topliss-reactive ketones (excluding diaryl/α,β-unsaturated/α-hetero) is 1. The Bertz CT molecular complexity index is 369. The first-order valence-electron chi connectivity index (χ1n) is 6.37. The van der Waals surface area contributed by atoms with Crippen molar-refractivity contribution in [2.24, 2.45) is 5.92 Å². The van der Waals surface area contributed by atoms with Gasteiger partial charge in [0.05, 0.1) is 6.42 Å². The van der Waals surface area contributed by atoms with Gasteiger partial charge in [0.1, 0.15) is 10.8 Å². The average Bonchev–Trinajstić information content (AvgIpc) is 2.73. The molecule has 0 saturated carbocycles. The third-order valence-electron chi connectivity index (χ3n) is 3.25. The van der Waals surface area contributed by atoms with E-state index in [1.54, 1.807) is 11.3 Å². The summed E-state index contributed by atoms with van der Waals surface area (Å²) in [6, 6.07) is 0. The number of carbonyl (C=O) groups is 1. The normalized spacial score (nSPS) is 20.4. The Morgan fingerprint density at radius 3 is 3.18 bits per heavy atom. The minimum absolute atomic E-state index is 0.338. The van der Waals surface area contributed by atoms with Crippen LogP contribution < -0.4 is 5.32 Å². The largest absolute Gasteiger partial charge is 0.316 e. The fourth-order valence-corrected chi connectivity index (χ4v) is 3.08.